The first-order valence-electron chi connectivity index (χ1n) is 6.63. The van der Waals surface area contributed by atoms with E-state index in [-0.39, 0.29) is 24.3 Å². The van der Waals surface area contributed by atoms with Gasteiger partial charge in [0.1, 0.15) is 0 Å². The van der Waals surface area contributed by atoms with Crippen LogP contribution < -0.4 is 5.32 Å². The van der Waals surface area contributed by atoms with Gasteiger partial charge in [0.25, 0.3) is 0 Å². The van der Waals surface area contributed by atoms with E-state index in [4.69, 9.17) is 14.9 Å². The van der Waals surface area contributed by atoms with Crippen LogP contribution in [0, 0.1) is 6.92 Å². The Kier molecular flexibility index (Phi) is 4.77. The highest BCUT2D eigenvalue weighted by atomic mass is 16.5. The zero-order valence-corrected chi connectivity index (χ0v) is 11.7. The number of carbonyl (C=O) groups excluding carboxylic acids is 1. The van der Waals surface area contributed by atoms with Crippen molar-refractivity contribution in [1.82, 2.24) is 4.90 Å². The molecule has 7 heteroatoms. The first-order valence-corrected chi connectivity index (χ1v) is 6.63. The Hall–Kier alpha value is -2.12. The summed E-state index contributed by atoms with van der Waals surface area (Å²) in [5.74, 6) is -1.04. The molecule has 1 aliphatic rings. The van der Waals surface area contributed by atoms with E-state index in [1.807, 2.05) is 0 Å². The van der Waals surface area contributed by atoms with Gasteiger partial charge in [0, 0.05) is 12.2 Å². The summed E-state index contributed by atoms with van der Waals surface area (Å²) in [4.78, 5) is 24.7. The number of amides is 2. The van der Waals surface area contributed by atoms with Crippen LogP contribution in [0.25, 0.3) is 0 Å². The number of nitrogens with one attached hydrogen (secondary N) is 1. The molecule has 1 unspecified atom stereocenters. The van der Waals surface area contributed by atoms with Crippen LogP contribution in [0.15, 0.2) is 18.2 Å². The van der Waals surface area contributed by atoms with Crippen LogP contribution in [0.3, 0.4) is 0 Å². The fraction of sp³-hybridized carbons (Fsp3) is 0.429. The number of hydrogen-bond donors (Lipinski definition) is 3. The molecular weight excluding hydrogens is 276 g/mol. The van der Waals surface area contributed by atoms with Crippen LogP contribution in [-0.2, 0) is 4.74 Å². The average Bonchev–Trinajstić information content (AvgIpc) is 2.49. The van der Waals surface area contributed by atoms with E-state index in [0.29, 0.717) is 25.4 Å². The van der Waals surface area contributed by atoms with Crippen molar-refractivity contribution in [3.8, 4) is 0 Å². The summed E-state index contributed by atoms with van der Waals surface area (Å²) in [5, 5.41) is 20.8. The Balaban J connectivity index is 2.08. The minimum atomic E-state index is -1.04. The summed E-state index contributed by atoms with van der Waals surface area (Å²) in [7, 11) is 0. The molecule has 1 fully saturated rings. The van der Waals surface area contributed by atoms with Crippen molar-refractivity contribution in [3.63, 3.8) is 0 Å². The van der Waals surface area contributed by atoms with Gasteiger partial charge in [-0.25, -0.2) is 9.59 Å². The lowest BCUT2D eigenvalue weighted by atomic mass is 10.1. The monoisotopic (exact) mass is 294 g/mol. The van der Waals surface area contributed by atoms with Gasteiger partial charge in [-0.2, -0.15) is 0 Å². The van der Waals surface area contributed by atoms with Gasteiger partial charge in [0.15, 0.2) is 0 Å². The van der Waals surface area contributed by atoms with Crippen LogP contribution in [0.2, 0.25) is 0 Å². The number of aliphatic hydroxyl groups is 1. The van der Waals surface area contributed by atoms with Crippen LogP contribution in [0.1, 0.15) is 15.9 Å². The summed E-state index contributed by atoms with van der Waals surface area (Å²) < 4.78 is 5.28. The molecule has 1 aromatic rings. The molecule has 0 aromatic heterocycles. The number of hydrogen-bond acceptors (Lipinski definition) is 4. The summed E-state index contributed by atoms with van der Waals surface area (Å²) in [6, 6.07) is 4.24. The van der Waals surface area contributed by atoms with Crippen molar-refractivity contribution in [1.29, 1.82) is 0 Å². The van der Waals surface area contributed by atoms with Gasteiger partial charge in [-0.05, 0) is 24.6 Å². The quantitative estimate of drug-likeness (QED) is 0.770. The Labute approximate surface area is 122 Å². The van der Waals surface area contributed by atoms with Gasteiger partial charge in [-0.15, -0.1) is 0 Å². The number of carbonyl (C=O) groups is 2. The molecule has 1 aromatic carbocycles. The molecule has 0 aliphatic carbocycles. The second-order valence-corrected chi connectivity index (χ2v) is 4.89. The molecule has 1 atom stereocenters. The molecule has 0 radical (unpaired) electrons. The predicted octanol–water partition coefficient (Wildman–Crippen LogP) is 0.918. The second kappa shape index (κ2) is 6.55. The highest BCUT2D eigenvalue weighted by Gasteiger charge is 2.24. The predicted molar refractivity (Wildman–Crippen MR) is 75.6 cm³/mol. The van der Waals surface area contributed by atoms with Crippen LogP contribution in [0.5, 0.6) is 0 Å². The van der Waals surface area contributed by atoms with E-state index in [2.05, 4.69) is 5.32 Å². The number of anilines is 1. The molecule has 114 valence electrons. The van der Waals surface area contributed by atoms with E-state index in [9.17, 15) is 9.59 Å². The summed E-state index contributed by atoms with van der Waals surface area (Å²) in [5.41, 5.74) is 1.36. The van der Waals surface area contributed by atoms with Gasteiger partial charge in [0.05, 0.1) is 31.4 Å². The Morgan fingerprint density at radius 2 is 2.24 bits per heavy atom. The van der Waals surface area contributed by atoms with Gasteiger partial charge < -0.3 is 25.2 Å². The highest BCUT2D eigenvalue weighted by molar-refractivity contribution is 5.94. The van der Waals surface area contributed by atoms with Crippen molar-refractivity contribution in [2.75, 3.05) is 31.6 Å². The number of rotatable bonds is 3. The van der Waals surface area contributed by atoms with Crippen molar-refractivity contribution < 1.29 is 24.5 Å². The van der Waals surface area contributed by atoms with E-state index < -0.39 is 5.97 Å². The third-order valence-electron chi connectivity index (χ3n) is 3.36. The van der Waals surface area contributed by atoms with E-state index >= 15 is 0 Å². The van der Waals surface area contributed by atoms with Gasteiger partial charge in [-0.1, -0.05) is 6.07 Å². The molecule has 1 heterocycles. The smallest absolute Gasteiger partial charge is 0.335 e. The van der Waals surface area contributed by atoms with Crippen molar-refractivity contribution in [3.05, 3.63) is 29.3 Å². The minimum Gasteiger partial charge on any atom is -0.478 e. The summed E-state index contributed by atoms with van der Waals surface area (Å²) in [6.07, 6.45) is -0.379. The number of benzene rings is 1. The van der Waals surface area contributed by atoms with Crippen LogP contribution in [-0.4, -0.2) is 59.5 Å². The molecule has 0 spiro atoms. The molecule has 21 heavy (non-hydrogen) atoms. The third kappa shape index (κ3) is 3.71. The molecule has 0 bridgehead atoms. The Bertz CT molecular complexity index is 546. The lowest BCUT2D eigenvalue weighted by Crippen LogP contribution is -2.48. The molecule has 1 saturated heterocycles. The zero-order chi connectivity index (χ0) is 15.4. The minimum absolute atomic E-state index is 0.117. The molecule has 7 nitrogen and oxygen atoms in total. The topological polar surface area (TPSA) is 99.1 Å². The standard InChI is InChI=1S/C14H18N2O5/c1-9-2-3-10(13(18)19)6-12(9)15-14(20)16-4-5-21-11(7-16)8-17/h2-3,6,11,17H,4-5,7-8H2,1H3,(H,15,20)(H,18,19). The molecular formula is C14H18N2O5. The number of nitrogens with zero attached hydrogens (tertiary/aromatic N) is 1. The fourth-order valence-electron chi connectivity index (χ4n) is 2.10. The molecule has 0 saturated carbocycles. The van der Waals surface area contributed by atoms with E-state index in [1.165, 1.54) is 17.0 Å². The van der Waals surface area contributed by atoms with E-state index in [1.54, 1.807) is 13.0 Å². The first-order chi connectivity index (χ1) is 10.0. The SMILES string of the molecule is Cc1ccc(C(=O)O)cc1NC(=O)N1CCOC(CO)C1. The number of urea groups is 1. The Morgan fingerprint density at radius 1 is 1.48 bits per heavy atom. The van der Waals surface area contributed by atoms with Crippen LogP contribution >= 0.6 is 0 Å². The third-order valence-corrected chi connectivity index (χ3v) is 3.36. The van der Waals surface area contributed by atoms with Crippen LogP contribution in [0.4, 0.5) is 10.5 Å². The second-order valence-electron chi connectivity index (χ2n) is 4.89. The van der Waals surface area contributed by atoms with Crippen molar-refractivity contribution >= 4 is 17.7 Å². The van der Waals surface area contributed by atoms with Crippen molar-refractivity contribution in [2.24, 2.45) is 0 Å². The number of aromatic carboxylic acids is 1. The number of ether oxygens (including phenoxy) is 1. The molecule has 2 rings (SSSR count). The lowest BCUT2D eigenvalue weighted by molar-refractivity contribution is -0.0388. The summed E-state index contributed by atoms with van der Waals surface area (Å²) in [6.45, 7) is 2.75. The normalized spacial score (nSPS) is 18.4. The highest BCUT2D eigenvalue weighted by Crippen LogP contribution is 2.18. The number of aliphatic hydroxyl groups excluding tert-OH is 1. The maximum Gasteiger partial charge on any atom is 0.335 e. The molecule has 3 N–H and O–H groups in total. The Morgan fingerprint density at radius 3 is 2.90 bits per heavy atom. The van der Waals surface area contributed by atoms with Gasteiger partial charge in [-0.3, -0.25) is 0 Å². The van der Waals surface area contributed by atoms with Gasteiger partial charge >= 0.3 is 12.0 Å². The van der Waals surface area contributed by atoms with Crippen molar-refractivity contribution in [2.45, 2.75) is 13.0 Å². The molecule has 2 amide bonds. The van der Waals surface area contributed by atoms with Gasteiger partial charge in [0.2, 0.25) is 0 Å². The zero-order valence-electron chi connectivity index (χ0n) is 11.7. The maximum atomic E-state index is 12.2. The fourth-order valence-corrected chi connectivity index (χ4v) is 2.10. The number of aryl methyl sites for hydroxylation is 1. The average molecular weight is 294 g/mol. The maximum absolute atomic E-state index is 12.2. The lowest BCUT2D eigenvalue weighted by Gasteiger charge is -2.32. The largest absolute Gasteiger partial charge is 0.478 e. The summed E-state index contributed by atoms with van der Waals surface area (Å²) >= 11 is 0. The van der Waals surface area contributed by atoms with E-state index in [0.717, 1.165) is 5.56 Å². The first kappa shape index (κ1) is 15.3. The number of carboxylic acids is 1. The number of carboxylic acid groups (broad SMARTS) is 1. The number of morpholine rings is 1. The molecule has 1 aliphatic heterocycles.